The molecule has 0 bridgehead atoms. The maximum absolute atomic E-state index is 13.6. The highest BCUT2D eigenvalue weighted by Gasteiger charge is 3.01. The van der Waals surface area contributed by atoms with Crippen LogP contribution < -0.4 is 10.5 Å². The fraction of sp³-hybridized carbons (Fsp3) is 0.700. The van der Waals surface area contributed by atoms with E-state index in [1.165, 1.54) is 12.1 Å². The number of rotatable bonds is 13. The maximum atomic E-state index is 13.6. The zero-order valence-corrected chi connectivity index (χ0v) is 18.6. The number of ether oxygens (including phenoxy) is 1. The molecular weight excluding hydrogens is 454 g/mol. The van der Waals surface area contributed by atoms with Crippen molar-refractivity contribution in [3.8, 4) is 5.75 Å². The van der Waals surface area contributed by atoms with E-state index in [2.05, 4.69) is 16.0 Å². The van der Waals surface area contributed by atoms with E-state index >= 15 is 0 Å². The van der Waals surface area contributed by atoms with Gasteiger partial charge in [-0.3, -0.25) is 13.6 Å². The highest BCUT2D eigenvalue weighted by Crippen LogP contribution is 3.00. The Morgan fingerprint density at radius 1 is 1.16 bits per heavy atom. The third-order valence-electron chi connectivity index (χ3n) is 5.92. The maximum Gasteiger partial charge on any atom is 0.419 e. The second-order valence-electron chi connectivity index (χ2n) is 8.34. The molecule has 0 radical (unpaired) electrons. The van der Waals surface area contributed by atoms with Crippen molar-refractivity contribution >= 4 is 7.60 Å². The lowest BCUT2D eigenvalue weighted by atomic mass is 9.84. The Morgan fingerprint density at radius 3 is 2.31 bits per heavy atom. The molecule has 1 aromatic rings. The van der Waals surface area contributed by atoms with Crippen LogP contribution in [0.25, 0.3) is 0 Å². The fourth-order valence-corrected chi connectivity index (χ4v) is 5.47. The first-order valence-corrected chi connectivity index (χ1v) is 12.1. The van der Waals surface area contributed by atoms with Crippen LogP contribution in [-0.4, -0.2) is 45.4 Å². The number of hydrogen-bond acceptors (Lipinski definition) is 8. The quantitative estimate of drug-likeness (QED) is 0.145. The van der Waals surface area contributed by atoms with Gasteiger partial charge in [0.05, 0.1) is 24.3 Å². The summed E-state index contributed by atoms with van der Waals surface area (Å²) in [5.74, 6) is -3.27. The van der Waals surface area contributed by atoms with Gasteiger partial charge >= 0.3 is 19.3 Å². The summed E-state index contributed by atoms with van der Waals surface area (Å²) in [7, 11) is -3.59. The van der Waals surface area contributed by atoms with Gasteiger partial charge in [0.1, 0.15) is 5.75 Å². The first kappa shape index (κ1) is 25.4. The first-order chi connectivity index (χ1) is 14.9. The molecule has 182 valence electrons. The van der Waals surface area contributed by atoms with Crippen molar-refractivity contribution in [3.05, 3.63) is 29.3 Å². The Morgan fingerprint density at radius 2 is 1.78 bits per heavy atom. The van der Waals surface area contributed by atoms with Crippen molar-refractivity contribution in [1.82, 2.24) is 0 Å². The molecular formula is C20H29F3NO7P. The highest BCUT2D eigenvalue weighted by atomic mass is 31.2. The highest BCUT2D eigenvalue weighted by molar-refractivity contribution is 7.68. The summed E-state index contributed by atoms with van der Waals surface area (Å²) in [5.41, 5.74) is 0.856. The molecule has 5 N–H and O–H groups in total. The standard InChI is InChI=1S/C20H29F3NO7P/c1-2-3-4-5-6-11-29-16-8-7-14(12-15(16)18(21,22)23)9-10-17(24,13-25)19(26,27)20-30-32(20,28)31-20/h7-8,12,25-27H,2-6,9-11,13,24H2,1H3/t17-,20?,32?/m1/s1. The third-order valence-corrected chi connectivity index (χ3v) is 7.79. The van der Waals surface area contributed by atoms with Crippen LogP contribution in [0.3, 0.4) is 0 Å². The van der Waals surface area contributed by atoms with Crippen LogP contribution in [0.2, 0.25) is 0 Å². The van der Waals surface area contributed by atoms with Crippen LogP contribution in [0.1, 0.15) is 56.6 Å². The summed E-state index contributed by atoms with van der Waals surface area (Å²) < 4.78 is 67.1. The number of nitrogens with two attached hydrogens (primary N) is 1. The van der Waals surface area contributed by atoms with E-state index in [0.717, 1.165) is 31.7 Å². The second-order valence-corrected chi connectivity index (χ2v) is 10.3. The van der Waals surface area contributed by atoms with Crippen molar-refractivity contribution in [2.24, 2.45) is 5.73 Å². The van der Waals surface area contributed by atoms with Crippen molar-refractivity contribution in [2.75, 3.05) is 13.2 Å². The van der Waals surface area contributed by atoms with Crippen molar-refractivity contribution in [1.29, 1.82) is 0 Å². The summed E-state index contributed by atoms with van der Waals surface area (Å²) in [6.45, 7) is 1.28. The number of hydrogen-bond donors (Lipinski definition) is 4. The largest absolute Gasteiger partial charge is 0.493 e. The monoisotopic (exact) mass is 483 g/mol. The predicted molar refractivity (Wildman–Crippen MR) is 108 cm³/mol. The van der Waals surface area contributed by atoms with Gasteiger partial charge in [-0.25, -0.2) is 0 Å². The molecule has 1 atom stereocenters. The Kier molecular flexibility index (Phi) is 7.04. The molecule has 8 nitrogen and oxygen atoms in total. The van der Waals surface area contributed by atoms with Crippen LogP contribution in [0.4, 0.5) is 13.2 Å². The van der Waals surface area contributed by atoms with Gasteiger partial charge < -0.3 is 25.8 Å². The number of aliphatic hydroxyl groups excluding tert-OH is 1. The van der Waals surface area contributed by atoms with Gasteiger partial charge in [-0.05, 0) is 37.0 Å². The molecule has 0 unspecified atom stereocenters. The van der Waals surface area contributed by atoms with Crippen LogP contribution in [-0.2, 0) is 26.2 Å². The summed E-state index contributed by atoms with van der Waals surface area (Å²) in [5, 5.41) is 30.4. The van der Waals surface area contributed by atoms with Crippen LogP contribution in [0.15, 0.2) is 18.2 Å². The van der Waals surface area contributed by atoms with Gasteiger partial charge in [0, 0.05) is 0 Å². The van der Waals surface area contributed by atoms with E-state index in [1.54, 1.807) is 0 Å². The zero-order valence-electron chi connectivity index (χ0n) is 17.7. The number of benzene rings is 1. The molecule has 0 saturated carbocycles. The number of alkyl halides is 3. The Balaban J connectivity index is 1.67. The van der Waals surface area contributed by atoms with Crippen LogP contribution in [0, 0.1) is 0 Å². The van der Waals surface area contributed by atoms with Crippen LogP contribution in [0.5, 0.6) is 5.75 Å². The summed E-state index contributed by atoms with van der Waals surface area (Å²) >= 11 is 0. The molecule has 2 aliphatic rings. The number of halogens is 3. The normalized spacial score (nSPS) is 26.4. The Hall–Kier alpha value is -1.20. The number of aliphatic hydroxyl groups is 3. The molecule has 3 rings (SSSR count). The summed E-state index contributed by atoms with van der Waals surface area (Å²) in [4.78, 5) is 0. The van der Waals surface area contributed by atoms with E-state index in [9.17, 15) is 33.1 Å². The topological polar surface area (TPSA) is 138 Å². The minimum Gasteiger partial charge on any atom is -0.493 e. The van der Waals surface area contributed by atoms with Gasteiger partial charge in [-0.15, -0.1) is 0 Å². The number of unbranched alkanes of at least 4 members (excludes halogenated alkanes) is 4. The molecule has 2 heterocycles. The molecule has 32 heavy (non-hydrogen) atoms. The summed E-state index contributed by atoms with van der Waals surface area (Å²) in [6, 6.07) is 3.54. The molecule has 2 aliphatic heterocycles. The van der Waals surface area contributed by atoms with E-state index < -0.39 is 42.8 Å². The predicted octanol–water partition coefficient (Wildman–Crippen LogP) is 3.27. The van der Waals surface area contributed by atoms with Gasteiger partial charge in [0.2, 0.25) is 0 Å². The fourth-order valence-electron chi connectivity index (χ4n) is 3.62. The zero-order chi connectivity index (χ0) is 23.8. The molecule has 0 amide bonds. The van der Waals surface area contributed by atoms with E-state index in [4.69, 9.17) is 10.5 Å². The third kappa shape index (κ3) is 4.57. The lowest BCUT2D eigenvalue weighted by Crippen LogP contribution is -2.68. The molecule has 12 heteroatoms. The van der Waals surface area contributed by atoms with Gasteiger partial charge in [0.15, 0.2) is 0 Å². The van der Waals surface area contributed by atoms with Crippen molar-refractivity contribution < 1.29 is 46.8 Å². The van der Waals surface area contributed by atoms with E-state index in [0.29, 0.717) is 6.42 Å². The van der Waals surface area contributed by atoms with E-state index in [-0.39, 0.29) is 30.8 Å². The summed E-state index contributed by atoms with van der Waals surface area (Å²) in [6.07, 6.45) is -0.485. The molecule has 2 saturated heterocycles. The minimum absolute atomic E-state index is 0.138. The van der Waals surface area contributed by atoms with Crippen molar-refractivity contribution in [2.45, 2.75) is 74.9 Å². The van der Waals surface area contributed by atoms with Gasteiger partial charge in [-0.1, -0.05) is 38.7 Å². The number of fused-ring (bicyclic) bond motifs is 1. The molecule has 0 aromatic heterocycles. The SMILES string of the molecule is CCCCCCCOc1ccc(CC[C@@](N)(CO)C(O)(O)C23OP2(=O)O3)cc1C(F)(F)F. The second kappa shape index (κ2) is 8.87. The van der Waals surface area contributed by atoms with E-state index in [1.807, 2.05) is 0 Å². The average molecular weight is 483 g/mol. The lowest BCUT2D eigenvalue weighted by Gasteiger charge is -2.38. The van der Waals surface area contributed by atoms with Gasteiger partial charge in [-0.2, -0.15) is 13.2 Å². The lowest BCUT2D eigenvalue weighted by molar-refractivity contribution is -0.290. The van der Waals surface area contributed by atoms with Crippen molar-refractivity contribution in [3.63, 3.8) is 0 Å². The van der Waals surface area contributed by atoms with Crippen LogP contribution >= 0.6 is 7.60 Å². The minimum atomic E-state index is -4.66. The molecule has 1 aromatic carbocycles. The smallest absolute Gasteiger partial charge is 0.419 e. The molecule has 0 aliphatic carbocycles. The first-order valence-electron chi connectivity index (χ1n) is 10.5. The Bertz CT molecular complexity index is 869. The Labute approximate surface area is 184 Å². The molecule has 0 spiro atoms. The average Bonchev–Trinajstić information content (AvgIpc) is 3.54. The molecule has 2 fully saturated rings. The number of aryl methyl sites for hydroxylation is 1. The van der Waals surface area contributed by atoms with Gasteiger partial charge in [0.25, 0.3) is 5.79 Å².